The molecule has 0 aliphatic heterocycles. The number of anilines is 2. The SMILES string of the molecule is COc1ccc2c(OC3CCCCC3)nc(Nc3cc(C)[nH]n3)cc2c1. The Labute approximate surface area is 152 Å². The molecule has 1 saturated carbocycles. The average molecular weight is 352 g/mol. The fourth-order valence-electron chi connectivity index (χ4n) is 3.44. The van der Waals surface area contributed by atoms with Crippen LogP contribution in [0.25, 0.3) is 10.8 Å². The first-order valence-corrected chi connectivity index (χ1v) is 9.16. The lowest BCUT2D eigenvalue weighted by molar-refractivity contribution is 0.151. The van der Waals surface area contributed by atoms with Crippen molar-refractivity contribution in [1.29, 1.82) is 0 Å². The van der Waals surface area contributed by atoms with Crippen LogP contribution in [0.4, 0.5) is 11.6 Å². The molecule has 0 saturated heterocycles. The van der Waals surface area contributed by atoms with E-state index in [0.29, 0.717) is 11.7 Å². The molecule has 0 atom stereocenters. The molecule has 0 unspecified atom stereocenters. The molecular weight excluding hydrogens is 328 g/mol. The summed E-state index contributed by atoms with van der Waals surface area (Å²) in [5, 5.41) is 12.4. The van der Waals surface area contributed by atoms with Gasteiger partial charge in [0.1, 0.15) is 17.7 Å². The van der Waals surface area contributed by atoms with Crippen LogP contribution >= 0.6 is 0 Å². The molecular formula is C20H24N4O2. The van der Waals surface area contributed by atoms with E-state index >= 15 is 0 Å². The van der Waals surface area contributed by atoms with E-state index < -0.39 is 0 Å². The zero-order valence-corrected chi connectivity index (χ0v) is 15.2. The second-order valence-corrected chi connectivity index (χ2v) is 6.84. The van der Waals surface area contributed by atoms with Gasteiger partial charge >= 0.3 is 0 Å². The fraction of sp³-hybridized carbons (Fsp3) is 0.400. The molecule has 0 amide bonds. The Kier molecular flexibility index (Phi) is 4.65. The van der Waals surface area contributed by atoms with Gasteiger partial charge in [0, 0.05) is 17.1 Å². The summed E-state index contributed by atoms with van der Waals surface area (Å²) in [6, 6.07) is 9.91. The smallest absolute Gasteiger partial charge is 0.223 e. The predicted molar refractivity (Wildman–Crippen MR) is 102 cm³/mol. The number of hydrogen-bond acceptors (Lipinski definition) is 5. The van der Waals surface area contributed by atoms with Crippen LogP contribution in [0.3, 0.4) is 0 Å². The summed E-state index contributed by atoms with van der Waals surface area (Å²) in [6.45, 7) is 1.97. The number of hydrogen-bond donors (Lipinski definition) is 2. The highest BCUT2D eigenvalue weighted by molar-refractivity contribution is 5.90. The van der Waals surface area contributed by atoms with Crippen LogP contribution in [0.1, 0.15) is 37.8 Å². The largest absolute Gasteiger partial charge is 0.497 e. The molecule has 0 radical (unpaired) electrons. The maximum Gasteiger partial charge on any atom is 0.223 e. The number of benzene rings is 1. The van der Waals surface area contributed by atoms with Crippen molar-refractivity contribution in [1.82, 2.24) is 15.2 Å². The van der Waals surface area contributed by atoms with Crippen LogP contribution < -0.4 is 14.8 Å². The van der Waals surface area contributed by atoms with Crippen LogP contribution in [-0.4, -0.2) is 28.4 Å². The first-order valence-electron chi connectivity index (χ1n) is 9.16. The van der Waals surface area contributed by atoms with Crippen molar-refractivity contribution < 1.29 is 9.47 Å². The van der Waals surface area contributed by atoms with Gasteiger partial charge in [-0.25, -0.2) is 0 Å². The lowest BCUT2D eigenvalue weighted by atomic mass is 9.98. The van der Waals surface area contributed by atoms with Crippen molar-refractivity contribution in [3.8, 4) is 11.6 Å². The first-order chi connectivity index (χ1) is 12.7. The van der Waals surface area contributed by atoms with Gasteiger partial charge in [-0.05, 0) is 62.3 Å². The van der Waals surface area contributed by atoms with E-state index in [2.05, 4.69) is 15.5 Å². The van der Waals surface area contributed by atoms with E-state index in [0.717, 1.165) is 40.9 Å². The minimum atomic E-state index is 0.240. The second-order valence-electron chi connectivity index (χ2n) is 6.84. The Hall–Kier alpha value is -2.76. The van der Waals surface area contributed by atoms with Gasteiger partial charge in [-0.3, -0.25) is 5.10 Å². The third kappa shape index (κ3) is 3.59. The van der Waals surface area contributed by atoms with Crippen molar-refractivity contribution in [2.24, 2.45) is 0 Å². The number of aromatic amines is 1. The van der Waals surface area contributed by atoms with Crippen molar-refractivity contribution >= 4 is 22.4 Å². The second kappa shape index (κ2) is 7.23. The van der Waals surface area contributed by atoms with E-state index in [1.165, 1.54) is 19.3 Å². The summed E-state index contributed by atoms with van der Waals surface area (Å²) >= 11 is 0. The van der Waals surface area contributed by atoms with Gasteiger partial charge in [0.25, 0.3) is 0 Å². The Bertz CT molecular complexity index is 900. The monoisotopic (exact) mass is 352 g/mol. The molecule has 6 nitrogen and oxygen atoms in total. The Morgan fingerprint density at radius 2 is 1.92 bits per heavy atom. The van der Waals surface area contributed by atoms with Crippen molar-refractivity contribution in [2.45, 2.75) is 45.1 Å². The van der Waals surface area contributed by atoms with Crippen molar-refractivity contribution in [3.63, 3.8) is 0 Å². The van der Waals surface area contributed by atoms with Gasteiger partial charge in [-0.2, -0.15) is 10.1 Å². The van der Waals surface area contributed by atoms with Crippen molar-refractivity contribution in [3.05, 3.63) is 36.0 Å². The lowest BCUT2D eigenvalue weighted by Gasteiger charge is -2.23. The summed E-state index contributed by atoms with van der Waals surface area (Å²) in [7, 11) is 1.67. The van der Waals surface area contributed by atoms with E-state index in [9.17, 15) is 0 Å². The highest BCUT2D eigenvalue weighted by Gasteiger charge is 2.18. The zero-order valence-electron chi connectivity index (χ0n) is 15.2. The molecule has 6 heteroatoms. The maximum atomic E-state index is 6.31. The zero-order chi connectivity index (χ0) is 17.9. The molecule has 4 rings (SSSR count). The molecule has 1 aliphatic rings. The Morgan fingerprint density at radius 3 is 2.65 bits per heavy atom. The minimum Gasteiger partial charge on any atom is -0.497 e. The number of aromatic nitrogens is 3. The number of rotatable bonds is 5. The normalized spacial score (nSPS) is 15.2. The topological polar surface area (TPSA) is 72.1 Å². The highest BCUT2D eigenvalue weighted by atomic mass is 16.5. The average Bonchev–Trinajstić information content (AvgIpc) is 3.06. The number of nitrogens with zero attached hydrogens (tertiary/aromatic N) is 2. The number of pyridine rings is 1. The van der Waals surface area contributed by atoms with Crippen LogP contribution in [0.15, 0.2) is 30.3 Å². The Balaban J connectivity index is 1.71. The van der Waals surface area contributed by atoms with E-state index in [-0.39, 0.29) is 6.10 Å². The van der Waals surface area contributed by atoms with Crippen LogP contribution in [0.2, 0.25) is 0 Å². The number of H-pyrrole nitrogens is 1. The molecule has 26 heavy (non-hydrogen) atoms. The molecule has 2 aromatic heterocycles. The van der Waals surface area contributed by atoms with Crippen LogP contribution in [0.5, 0.6) is 11.6 Å². The predicted octanol–water partition coefficient (Wildman–Crippen LogP) is 4.73. The van der Waals surface area contributed by atoms with Crippen LogP contribution in [-0.2, 0) is 0 Å². The molecule has 136 valence electrons. The van der Waals surface area contributed by atoms with Gasteiger partial charge in [0.15, 0.2) is 5.82 Å². The van der Waals surface area contributed by atoms with Gasteiger partial charge in [0.2, 0.25) is 5.88 Å². The molecule has 0 bridgehead atoms. The van der Waals surface area contributed by atoms with Gasteiger partial charge in [-0.15, -0.1) is 0 Å². The number of ether oxygens (including phenoxy) is 2. The van der Waals surface area contributed by atoms with Crippen molar-refractivity contribution in [2.75, 3.05) is 12.4 Å². The summed E-state index contributed by atoms with van der Waals surface area (Å²) in [6.07, 6.45) is 6.17. The molecule has 2 heterocycles. The van der Waals surface area contributed by atoms with E-state index in [1.807, 2.05) is 37.3 Å². The Morgan fingerprint density at radius 1 is 1.08 bits per heavy atom. The van der Waals surface area contributed by atoms with Gasteiger partial charge in [0.05, 0.1) is 7.11 Å². The van der Waals surface area contributed by atoms with Crippen LogP contribution in [0, 0.1) is 6.92 Å². The van der Waals surface area contributed by atoms with Gasteiger partial charge < -0.3 is 14.8 Å². The number of nitrogens with one attached hydrogen (secondary N) is 2. The molecule has 1 aliphatic carbocycles. The minimum absolute atomic E-state index is 0.240. The number of aryl methyl sites for hydroxylation is 1. The molecule has 2 N–H and O–H groups in total. The summed E-state index contributed by atoms with van der Waals surface area (Å²) in [5.74, 6) is 2.93. The highest BCUT2D eigenvalue weighted by Crippen LogP contribution is 2.33. The standard InChI is InChI=1S/C20H24N4O2/c1-13-10-19(24-23-13)21-18-12-14-11-16(25-2)8-9-17(14)20(22-18)26-15-6-4-3-5-7-15/h8-12,15H,3-7H2,1-2H3,(H2,21,22,23,24). The molecule has 1 fully saturated rings. The summed E-state index contributed by atoms with van der Waals surface area (Å²) in [4.78, 5) is 4.73. The lowest BCUT2D eigenvalue weighted by Crippen LogP contribution is -2.20. The summed E-state index contributed by atoms with van der Waals surface area (Å²) in [5.41, 5.74) is 0.994. The third-order valence-corrected chi connectivity index (χ3v) is 4.80. The summed E-state index contributed by atoms with van der Waals surface area (Å²) < 4.78 is 11.7. The molecule has 0 spiro atoms. The number of fused-ring (bicyclic) bond motifs is 1. The quantitative estimate of drug-likeness (QED) is 0.694. The molecule has 3 aromatic rings. The van der Waals surface area contributed by atoms with Gasteiger partial charge in [-0.1, -0.05) is 6.42 Å². The van der Waals surface area contributed by atoms with E-state index in [1.54, 1.807) is 7.11 Å². The maximum absolute atomic E-state index is 6.31. The number of methoxy groups -OCH3 is 1. The van der Waals surface area contributed by atoms with E-state index in [4.69, 9.17) is 14.5 Å². The third-order valence-electron chi connectivity index (χ3n) is 4.80. The molecule has 1 aromatic carbocycles. The fourth-order valence-corrected chi connectivity index (χ4v) is 3.44. The first kappa shape index (κ1) is 16.7.